The minimum absolute atomic E-state index is 0.375. The van der Waals surface area contributed by atoms with Crippen molar-refractivity contribution >= 4 is 29.5 Å². The number of carboxylic acid groups (broad SMARTS) is 1. The lowest BCUT2D eigenvalue weighted by Gasteiger charge is -2.43. The molecule has 1 aromatic rings. The normalized spacial score (nSPS) is 28.7. The molecule has 0 aromatic heterocycles. The van der Waals surface area contributed by atoms with E-state index in [9.17, 15) is 19.5 Å². The zero-order valence-corrected chi connectivity index (χ0v) is 14.1. The van der Waals surface area contributed by atoms with Crippen LogP contribution in [-0.2, 0) is 14.4 Å². The number of carbonyl (C=O) groups excluding carboxylic acids is 2. The Bertz CT molecular complexity index is 694. The highest BCUT2D eigenvalue weighted by atomic mass is 32.2. The van der Waals surface area contributed by atoms with E-state index < -0.39 is 34.7 Å². The summed E-state index contributed by atoms with van der Waals surface area (Å²) in [7, 11) is 0. The molecule has 2 fully saturated rings. The third kappa shape index (κ3) is 2.55. The Morgan fingerprint density at radius 2 is 1.96 bits per heavy atom. The number of carboxylic acids is 1. The van der Waals surface area contributed by atoms with E-state index >= 15 is 0 Å². The van der Waals surface area contributed by atoms with Crippen molar-refractivity contribution in [1.29, 1.82) is 0 Å². The molecular weight excluding hydrogens is 330 g/mol. The fraction of sp³-hybridized carbons (Fsp3) is 0.438. The number of nitrogens with two attached hydrogens (primary N) is 1. The molecule has 1 unspecified atom stereocenters. The van der Waals surface area contributed by atoms with Crippen LogP contribution >= 0.6 is 11.8 Å². The van der Waals surface area contributed by atoms with Gasteiger partial charge in [0.05, 0.1) is 0 Å². The summed E-state index contributed by atoms with van der Waals surface area (Å²) in [6, 6.07) is 6.38. The van der Waals surface area contributed by atoms with Crippen LogP contribution in [0.3, 0.4) is 0 Å². The van der Waals surface area contributed by atoms with Gasteiger partial charge in [-0.25, -0.2) is 4.79 Å². The molecule has 0 radical (unpaired) electrons. The number of fused-ring (bicyclic) bond motifs is 1. The summed E-state index contributed by atoms with van der Waals surface area (Å²) in [5.74, 6) is -1.86. The first-order chi connectivity index (χ1) is 11.2. The summed E-state index contributed by atoms with van der Waals surface area (Å²) in [4.78, 5) is 37.5. The SMILES string of the molecule is CC1(C)SC2[C@H](NC(=O)[C@H](N)c3ccccc3)C(=O)N2[C@H]1C(=O)O. The average molecular weight is 349 g/mol. The van der Waals surface area contributed by atoms with E-state index in [0.717, 1.165) is 0 Å². The van der Waals surface area contributed by atoms with Gasteiger partial charge in [0.15, 0.2) is 0 Å². The number of hydrogen-bond donors (Lipinski definition) is 3. The topological polar surface area (TPSA) is 113 Å². The summed E-state index contributed by atoms with van der Waals surface area (Å²) in [6.07, 6.45) is 0. The lowest BCUT2D eigenvalue weighted by Crippen LogP contribution is -2.71. The summed E-state index contributed by atoms with van der Waals surface area (Å²) in [5, 5.41) is 11.7. The average Bonchev–Trinajstić information content (AvgIpc) is 2.80. The molecule has 8 heteroatoms. The molecule has 0 aliphatic carbocycles. The van der Waals surface area contributed by atoms with Gasteiger partial charge in [0.1, 0.15) is 23.5 Å². The van der Waals surface area contributed by atoms with Crippen LogP contribution in [0.2, 0.25) is 0 Å². The molecule has 2 amide bonds. The summed E-state index contributed by atoms with van der Waals surface area (Å²) < 4.78 is -0.618. The Morgan fingerprint density at radius 1 is 1.33 bits per heavy atom. The van der Waals surface area contributed by atoms with Gasteiger partial charge < -0.3 is 21.1 Å². The molecule has 3 rings (SSSR count). The summed E-state index contributed by atoms with van der Waals surface area (Å²) in [5.41, 5.74) is 6.59. The minimum atomic E-state index is -1.03. The third-order valence-corrected chi connectivity index (χ3v) is 5.99. The molecule has 0 spiro atoms. The number of thioether (sulfide) groups is 1. The second kappa shape index (κ2) is 5.78. The van der Waals surface area contributed by atoms with Crippen molar-refractivity contribution in [1.82, 2.24) is 10.2 Å². The molecule has 2 aliphatic heterocycles. The standard InChI is InChI=1S/C16H19N3O4S/c1-16(2)11(15(22)23)19-13(21)10(14(19)24-16)18-12(20)9(17)8-6-4-3-5-7-8/h3-7,9-11,14H,17H2,1-2H3,(H,18,20)(H,22,23)/t9-,10-,11+,14?/m1/s1. The van der Waals surface area contributed by atoms with Crippen LogP contribution in [0.1, 0.15) is 25.5 Å². The number of amides is 2. The van der Waals surface area contributed by atoms with Crippen molar-refractivity contribution in [2.45, 2.75) is 42.1 Å². The fourth-order valence-electron chi connectivity index (χ4n) is 3.20. The van der Waals surface area contributed by atoms with Gasteiger partial charge in [0.2, 0.25) is 11.8 Å². The van der Waals surface area contributed by atoms with E-state index in [1.165, 1.54) is 16.7 Å². The first kappa shape index (κ1) is 16.8. The largest absolute Gasteiger partial charge is 0.480 e. The zero-order chi connectivity index (χ0) is 17.6. The maximum Gasteiger partial charge on any atom is 0.327 e. The van der Waals surface area contributed by atoms with Crippen molar-refractivity contribution in [2.75, 3.05) is 0 Å². The van der Waals surface area contributed by atoms with E-state index in [1.807, 2.05) is 6.07 Å². The maximum absolute atomic E-state index is 12.3. The van der Waals surface area contributed by atoms with Crippen LogP contribution in [0.5, 0.6) is 0 Å². The predicted octanol–water partition coefficient (Wildman–Crippen LogP) is 0.318. The fourth-order valence-corrected chi connectivity index (χ4v) is 4.83. The number of aliphatic carboxylic acids is 1. The summed E-state index contributed by atoms with van der Waals surface area (Å²) >= 11 is 1.38. The first-order valence-electron chi connectivity index (χ1n) is 7.58. The molecule has 2 aliphatic rings. The molecule has 0 bridgehead atoms. The number of nitrogens with zero attached hydrogens (tertiary/aromatic N) is 1. The molecule has 0 saturated carbocycles. The van der Waals surface area contributed by atoms with Crippen molar-refractivity contribution in [3.05, 3.63) is 35.9 Å². The number of carbonyl (C=O) groups is 3. The molecule has 4 atom stereocenters. The highest BCUT2D eigenvalue weighted by Gasteiger charge is 2.64. The maximum atomic E-state index is 12.3. The van der Waals surface area contributed by atoms with E-state index in [1.54, 1.807) is 38.1 Å². The van der Waals surface area contributed by atoms with Gasteiger partial charge in [-0.1, -0.05) is 30.3 Å². The molecular formula is C16H19N3O4S. The van der Waals surface area contributed by atoms with Crippen molar-refractivity contribution in [3.8, 4) is 0 Å². The van der Waals surface area contributed by atoms with Crippen molar-refractivity contribution in [3.63, 3.8) is 0 Å². The third-order valence-electron chi connectivity index (χ3n) is 4.41. The molecule has 2 heterocycles. The van der Waals surface area contributed by atoms with Gasteiger partial charge in [0, 0.05) is 4.75 Å². The van der Waals surface area contributed by atoms with E-state index in [2.05, 4.69) is 5.32 Å². The molecule has 2 saturated heterocycles. The van der Waals surface area contributed by atoms with Crippen LogP contribution in [-0.4, -0.2) is 50.0 Å². The Labute approximate surface area is 143 Å². The van der Waals surface area contributed by atoms with Gasteiger partial charge in [-0.3, -0.25) is 9.59 Å². The smallest absolute Gasteiger partial charge is 0.327 e. The van der Waals surface area contributed by atoms with Crippen LogP contribution in [0, 0.1) is 0 Å². The van der Waals surface area contributed by atoms with Crippen LogP contribution in [0.25, 0.3) is 0 Å². The van der Waals surface area contributed by atoms with Gasteiger partial charge in [-0.05, 0) is 19.4 Å². The number of benzene rings is 1. The van der Waals surface area contributed by atoms with Crippen molar-refractivity contribution < 1.29 is 19.5 Å². The van der Waals surface area contributed by atoms with Gasteiger partial charge in [-0.15, -0.1) is 11.8 Å². The number of rotatable bonds is 4. The molecule has 128 valence electrons. The molecule has 4 N–H and O–H groups in total. The highest BCUT2D eigenvalue weighted by Crippen LogP contribution is 2.50. The van der Waals surface area contributed by atoms with E-state index in [4.69, 9.17) is 5.73 Å². The Hall–Kier alpha value is -2.06. The van der Waals surface area contributed by atoms with Crippen molar-refractivity contribution in [2.24, 2.45) is 5.73 Å². The Morgan fingerprint density at radius 3 is 2.54 bits per heavy atom. The van der Waals surface area contributed by atoms with Crippen LogP contribution < -0.4 is 11.1 Å². The molecule has 7 nitrogen and oxygen atoms in total. The lowest BCUT2D eigenvalue weighted by molar-refractivity contribution is -0.161. The quantitative estimate of drug-likeness (QED) is 0.675. The number of hydrogen-bond acceptors (Lipinski definition) is 5. The predicted molar refractivity (Wildman–Crippen MR) is 89.0 cm³/mol. The number of nitrogens with one attached hydrogen (secondary N) is 1. The van der Waals surface area contributed by atoms with Crippen LogP contribution in [0.4, 0.5) is 0 Å². The van der Waals surface area contributed by atoms with Crippen LogP contribution in [0.15, 0.2) is 30.3 Å². The minimum Gasteiger partial charge on any atom is -0.480 e. The number of β-lactam (4-membered cyclic amide) rings is 1. The first-order valence-corrected chi connectivity index (χ1v) is 8.45. The molecule has 1 aromatic carbocycles. The van der Waals surface area contributed by atoms with E-state index in [0.29, 0.717) is 5.56 Å². The Balaban J connectivity index is 1.71. The Kier molecular flexibility index (Phi) is 4.05. The van der Waals surface area contributed by atoms with Gasteiger partial charge in [0.25, 0.3) is 0 Å². The summed E-state index contributed by atoms with van der Waals surface area (Å²) in [6.45, 7) is 3.58. The monoisotopic (exact) mass is 349 g/mol. The molecule has 24 heavy (non-hydrogen) atoms. The second-order valence-electron chi connectivity index (χ2n) is 6.47. The lowest BCUT2D eigenvalue weighted by atomic mass is 9.95. The van der Waals surface area contributed by atoms with Gasteiger partial charge >= 0.3 is 5.97 Å². The van der Waals surface area contributed by atoms with E-state index in [-0.39, 0.29) is 11.3 Å². The second-order valence-corrected chi connectivity index (χ2v) is 8.24. The zero-order valence-electron chi connectivity index (χ0n) is 13.3. The highest BCUT2D eigenvalue weighted by molar-refractivity contribution is 8.01. The van der Waals surface area contributed by atoms with Gasteiger partial charge in [-0.2, -0.15) is 0 Å².